The molecule has 160 valence electrons. The second-order valence-corrected chi connectivity index (χ2v) is 7.35. The van der Waals surface area contributed by atoms with E-state index >= 15 is 0 Å². The maximum Gasteiger partial charge on any atom is 0.338 e. The topological polar surface area (TPSA) is 102 Å². The molecule has 3 rings (SSSR count). The number of nitrogens with zero attached hydrogens (tertiary/aromatic N) is 1. The van der Waals surface area contributed by atoms with Crippen molar-refractivity contribution in [1.82, 2.24) is 4.90 Å². The first-order valence-corrected chi connectivity index (χ1v) is 10.2. The van der Waals surface area contributed by atoms with E-state index in [2.05, 4.69) is 10.1 Å². The molecule has 0 spiro atoms. The fourth-order valence-electron chi connectivity index (χ4n) is 2.73. The van der Waals surface area contributed by atoms with Gasteiger partial charge in [-0.05, 0) is 66.7 Å². The third-order valence-corrected chi connectivity index (χ3v) is 5.25. The van der Waals surface area contributed by atoms with Crippen molar-refractivity contribution in [3.05, 3.63) is 70.1 Å². The molecule has 2 amide bonds. The Labute approximate surface area is 183 Å². The van der Waals surface area contributed by atoms with Crippen LogP contribution in [0.5, 0.6) is 0 Å². The number of hydrogen-bond donors (Lipinski definition) is 1. The van der Waals surface area contributed by atoms with E-state index < -0.39 is 23.1 Å². The van der Waals surface area contributed by atoms with Crippen molar-refractivity contribution in [1.29, 1.82) is 0 Å². The molecule has 31 heavy (non-hydrogen) atoms. The molecule has 1 aliphatic rings. The smallest absolute Gasteiger partial charge is 0.338 e. The lowest BCUT2D eigenvalue weighted by Crippen LogP contribution is -2.33. The van der Waals surface area contributed by atoms with Gasteiger partial charge < -0.3 is 14.8 Å². The van der Waals surface area contributed by atoms with E-state index in [0.29, 0.717) is 29.0 Å². The highest BCUT2D eigenvalue weighted by Crippen LogP contribution is 2.32. The number of rotatable bonds is 7. The average Bonchev–Trinajstić information content (AvgIpc) is 3.05. The van der Waals surface area contributed by atoms with E-state index in [-0.39, 0.29) is 11.6 Å². The van der Waals surface area contributed by atoms with Crippen molar-refractivity contribution in [2.75, 3.05) is 25.7 Å². The molecule has 1 saturated heterocycles. The highest BCUT2D eigenvalue weighted by atomic mass is 32.2. The lowest BCUT2D eigenvalue weighted by Gasteiger charge is -2.14. The van der Waals surface area contributed by atoms with Crippen LogP contribution in [0.25, 0.3) is 6.08 Å². The van der Waals surface area contributed by atoms with Crippen molar-refractivity contribution in [2.24, 2.45) is 0 Å². The van der Waals surface area contributed by atoms with Crippen LogP contribution in [-0.2, 0) is 14.3 Å². The Morgan fingerprint density at radius 1 is 1.00 bits per heavy atom. The summed E-state index contributed by atoms with van der Waals surface area (Å²) >= 11 is 0.844. The molecule has 1 N–H and O–H groups in total. The standard InChI is InChI=1S/C22H20N2O6S/c1-3-30-21(27)16-8-10-17(11-9-16)23-13-24-19(25)18(31-22(24)28)12-14-4-6-15(7-5-14)20(26)29-2/h4-12,23H,3,13H2,1-2H3. The van der Waals surface area contributed by atoms with E-state index in [1.54, 1.807) is 61.5 Å². The minimum atomic E-state index is -0.451. The minimum Gasteiger partial charge on any atom is -0.465 e. The first-order chi connectivity index (χ1) is 14.9. The maximum atomic E-state index is 12.6. The van der Waals surface area contributed by atoms with Crippen LogP contribution in [0, 0.1) is 0 Å². The summed E-state index contributed by atoms with van der Waals surface area (Å²) in [6.07, 6.45) is 1.60. The Morgan fingerprint density at radius 3 is 2.23 bits per heavy atom. The van der Waals surface area contributed by atoms with Crippen LogP contribution in [-0.4, -0.2) is 48.4 Å². The Bertz CT molecular complexity index is 1030. The van der Waals surface area contributed by atoms with Crippen LogP contribution in [0.2, 0.25) is 0 Å². The number of esters is 2. The van der Waals surface area contributed by atoms with Gasteiger partial charge in [-0.3, -0.25) is 14.5 Å². The predicted octanol–water partition coefficient (Wildman–Crippen LogP) is 3.76. The molecular weight excluding hydrogens is 420 g/mol. The molecule has 1 heterocycles. The molecule has 1 fully saturated rings. The van der Waals surface area contributed by atoms with Crippen molar-refractivity contribution in [2.45, 2.75) is 6.92 Å². The summed E-state index contributed by atoms with van der Waals surface area (Å²) in [5, 5.41) is 2.61. The largest absolute Gasteiger partial charge is 0.465 e. The number of methoxy groups -OCH3 is 1. The average molecular weight is 440 g/mol. The normalized spacial score (nSPS) is 14.6. The molecule has 9 heteroatoms. The summed E-state index contributed by atoms with van der Waals surface area (Å²) in [5.74, 6) is -1.28. The summed E-state index contributed by atoms with van der Waals surface area (Å²) in [6, 6.07) is 13.1. The van der Waals surface area contributed by atoms with Crippen LogP contribution in [0.1, 0.15) is 33.2 Å². The molecule has 2 aromatic carbocycles. The first kappa shape index (κ1) is 22.1. The van der Waals surface area contributed by atoms with Gasteiger partial charge in [-0.15, -0.1) is 0 Å². The van der Waals surface area contributed by atoms with Crippen LogP contribution in [0.15, 0.2) is 53.4 Å². The van der Waals surface area contributed by atoms with Crippen molar-refractivity contribution < 1.29 is 28.7 Å². The number of hydrogen-bond acceptors (Lipinski definition) is 8. The third-order valence-electron chi connectivity index (χ3n) is 4.34. The molecule has 1 aliphatic heterocycles. The number of anilines is 1. The summed E-state index contributed by atoms with van der Waals surface area (Å²) in [6.45, 7) is 2.01. The molecule has 0 bridgehead atoms. The number of amides is 2. The Hall–Kier alpha value is -3.59. The lowest BCUT2D eigenvalue weighted by molar-refractivity contribution is -0.122. The van der Waals surface area contributed by atoms with Crippen LogP contribution in [0.4, 0.5) is 10.5 Å². The number of carbonyl (C=O) groups is 4. The van der Waals surface area contributed by atoms with Crippen LogP contribution in [0.3, 0.4) is 0 Å². The number of ether oxygens (including phenoxy) is 2. The summed E-state index contributed by atoms with van der Waals surface area (Å²) in [7, 11) is 1.30. The zero-order valence-corrected chi connectivity index (χ0v) is 17.7. The van der Waals surface area contributed by atoms with Crippen LogP contribution < -0.4 is 5.32 Å². The monoisotopic (exact) mass is 440 g/mol. The van der Waals surface area contributed by atoms with Gasteiger partial charge in [0, 0.05) is 5.69 Å². The van der Waals surface area contributed by atoms with Gasteiger partial charge in [0.05, 0.1) is 36.4 Å². The molecule has 0 saturated carbocycles. The van der Waals surface area contributed by atoms with Gasteiger partial charge in [0.25, 0.3) is 11.1 Å². The van der Waals surface area contributed by atoms with Gasteiger partial charge in [-0.25, -0.2) is 9.59 Å². The highest BCUT2D eigenvalue weighted by molar-refractivity contribution is 8.18. The van der Waals surface area contributed by atoms with Crippen molar-refractivity contribution in [3.63, 3.8) is 0 Å². The van der Waals surface area contributed by atoms with Crippen molar-refractivity contribution >= 4 is 46.6 Å². The van der Waals surface area contributed by atoms with E-state index in [4.69, 9.17) is 4.74 Å². The number of benzene rings is 2. The molecule has 0 atom stereocenters. The first-order valence-electron chi connectivity index (χ1n) is 9.37. The summed E-state index contributed by atoms with van der Waals surface area (Å²) in [5.41, 5.74) is 2.14. The predicted molar refractivity (Wildman–Crippen MR) is 116 cm³/mol. The van der Waals surface area contributed by atoms with Gasteiger partial charge in [-0.2, -0.15) is 0 Å². The van der Waals surface area contributed by atoms with Gasteiger partial charge in [-0.1, -0.05) is 12.1 Å². The SMILES string of the molecule is CCOC(=O)c1ccc(NCN2C(=O)SC(=Cc3ccc(C(=O)OC)cc3)C2=O)cc1. The van der Waals surface area contributed by atoms with Gasteiger partial charge in [0.15, 0.2) is 0 Å². The van der Waals surface area contributed by atoms with E-state index in [0.717, 1.165) is 16.7 Å². The lowest BCUT2D eigenvalue weighted by atomic mass is 10.1. The molecule has 0 aliphatic carbocycles. The molecule has 8 nitrogen and oxygen atoms in total. The number of carbonyl (C=O) groups excluding carboxylic acids is 4. The third kappa shape index (κ3) is 5.32. The molecule has 0 aromatic heterocycles. The Kier molecular flexibility index (Phi) is 7.09. The van der Waals surface area contributed by atoms with Crippen molar-refractivity contribution in [3.8, 4) is 0 Å². The van der Waals surface area contributed by atoms with E-state index in [9.17, 15) is 19.2 Å². The summed E-state index contributed by atoms with van der Waals surface area (Å²) in [4.78, 5) is 49.5. The van der Waals surface area contributed by atoms with E-state index in [1.807, 2.05) is 0 Å². The van der Waals surface area contributed by atoms with Gasteiger partial charge >= 0.3 is 11.9 Å². The quantitative estimate of drug-likeness (QED) is 0.513. The van der Waals surface area contributed by atoms with Gasteiger partial charge in [0.2, 0.25) is 0 Å². The fourth-order valence-corrected chi connectivity index (χ4v) is 3.57. The zero-order chi connectivity index (χ0) is 22.4. The fraction of sp³-hybridized carbons (Fsp3) is 0.182. The van der Waals surface area contributed by atoms with E-state index in [1.165, 1.54) is 7.11 Å². The van der Waals surface area contributed by atoms with Crippen LogP contribution >= 0.6 is 11.8 Å². The molecular formula is C22H20N2O6S. The summed E-state index contributed by atoms with van der Waals surface area (Å²) < 4.78 is 9.59. The molecule has 0 radical (unpaired) electrons. The van der Waals surface area contributed by atoms with Gasteiger partial charge in [0.1, 0.15) is 0 Å². The number of nitrogens with one attached hydrogen (secondary N) is 1. The second-order valence-electron chi connectivity index (χ2n) is 6.36. The highest BCUT2D eigenvalue weighted by Gasteiger charge is 2.34. The second kappa shape index (κ2) is 9.94. The Balaban J connectivity index is 1.63. The molecule has 0 unspecified atom stereocenters. The number of imide groups is 1. The number of thioether (sulfide) groups is 1. The Morgan fingerprint density at radius 2 is 1.61 bits per heavy atom. The maximum absolute atomic E-state index is 12.6. The minimum absolute atomic E-state index is 0.0119. The zero-order valence-electron chi connectivity index (χ0n) is 16.9. The molecule has 2 aromatic rings.